The van der Waals surface area contributed by atoms with Crippen molar-refractivity contribution < 1.29 is 5.11 Å². The molecule has 0 spiro atoms. The third kappa shape index (κ3) is 3.28. The van der Waals surface area contributed by atoms with Gasteiger partial charge in [0, 0.05) is 25.2 Å². The fourth-order valence-corrected chi connectivity index (χ4v) is 2.53. The first-order valence-electron chi connectivity index (χ1n) is 6.39. The van der Waals surface area contributed by atoms with Crippen LogP contribution >= 0.6 is 0 Å². The van der Waals surface area contributed by atoms with Crippen LogP contribution in [0, 0.1) is 0 Å². The van der Waals surface area contributed by atoms with E-state index in [0.29, 0.717) is 18.6 Å². The number of piperidine rings is 1. The monoisotopic (exact) mass is 234 g/mol. The van der Waals surface area contributed by atoms with E-state index in [-0.39, 0.29) is 0 Å². The van der Waals surface area contributed by atoms with Gasteiger partial charge in [0.25, 0.3) is 0 Å². The molecule has 1 fully saturated rings. The Kier molecular flexibility index (Phi) is 4.15. The predicted molar refractivity (Wildman–Crippen MR) is 69.6 cm³/mol. The summed E-state index contributed by atoms with van der Waals surface area (Å²) in [6, 6.07) is 10.7. The van der Waals surface area contributed by atoms with Crippen LogP contribution in [0.1, 0.15) is 31.4 Å². The molecule has 0 aliphatic carbocycles. The Balaban J connectivity index is 1.93. The first-order valence-corrected chi connectivity index (χ1v) is 6.39. The molecule has 3 nitrogen and oxygen atoms in total. The van der Waals surface area contributed by atoms with Crippen molar-refractivity contribution >= 4 is 0 Å². The second-order valence-electron chi connectivity index (χ2n) is 5.05. The summed E-state index contributed by atoms with van der Waals surface area (Å²) in [5.41, 5.74) is 6.94. The molecule has 0 bridgehead atoms. The number of nitrogens with two attached hydrogens (primary N) is 1. The van der Waals surface area contributed by atoms with E-state index in [1.807, 2.05) is 30.3 Å². The van der Waals surface area contributed by atoms with Crippen molar-refractivity contribution in [3.05, 3.63) is 35.9 Å². The zero-order valence-corrected chi connectivity index (χ0v) is 10.4. The average Bonchev–Trinajstić information content (AvgIpc) is 2.34. The molecule has 17 heavy (non-hydrogen) atoms. The molecule has 3 N–H and O–H groups in total. The first-order chi connectivity index (χ1) is 8.16. The van der Waals surface area contributed by atoms with E-state index in [0.717, 1.165) is 24.9 Å². The lowest BCUT2D eigenvalue weighted by molar-refractivity contribution is 0.0682. The summed E-state index contributed by atoms with van der Waals surface area (Å²) in [6.07, 6.45) is 1.67. The molecule has 0 radical (unpaired) electrons. The number of aliphatic hydroxyl groups is 1. The molecule has 1 heterocycles. The van der Waals surface area contributed by atoms with Gasteiger partial charge in [0.15, 0.2) is 0 Å². The third-order valence-corrected chi connectivity index (χ3v) is 3.65. The summed E-state index contributed by atoms with van der Waals surface area (Å²) in [4.78, 5) is 2.33. The topological polar surface area (TPSA) is 49.5 Å². The highest BCUT2D eigenvalue weighted by atomic mass is 16.3. The van der Waals surface area contributed by atoms with Gasteiger partial charge in [0.05, 0.1) is 6.10 Å². The molecule has 0 saturated carbocycles. The molecule has 1 aliphatic heterocycles. The van der Waals surface area contributed by atoms with Crippen LogP contribution in [0.5, 0.6) is 0 Å². The van der Waals surface area contributed by atoms with Crippen LogP contribution in [0.4, 0.5) is 0 Å². The molecular formula is C14H22N2O. The molecule has 0 aromatic heterocycles. The highest BCUT2D eigenvalue weighted by molar-refractivity contribution is 5.17. The van der Waals surface area contributed by atoms with Crippen molar-refractivity contribution in [1.29, 1.82) is 0 Å². The highest BCUT2D eigenvalue weighted by Crippen LogP contribution is 2.20. The fourth-order valence-electron chi connectivity index (χ4n) is 2.53. The molecule has 1 saturated heterocycles. The number of hydrogen-bond donors (Lipinski definition) is 2. The molecule has 1 aromatic rings. The Bertz CT molecular complexity index is 341. The molecule has 1 aromatic carbocycles. The minimum absolute atomic E-state index is 0.329. The Morgan fingerprint density at radius 2 is 2.12 bits per heavy atom. The van der Waals surface area contributed by atoms with Crippen LogP contribution < -0.4 is 5.73 Å². The molecule has 94 valence electrons. The predicted octanol–water partition coefficient (Wildman–Crippen LogP) is 1.53. The number of benzene rings is 1. The summed E-state index contributed by atoms with van der Waals surface area (Å²) in [6.45, 7) is 3.89. The van der Waals surface area contributed by atoms with Gasteiger partial charge < -0.3 is 10.8 Å². The molecule has 3 atom stereocenters. The van der Waals surface area contributed by atoms with Gasteiger partial charge in [-0.3, -0.25) is 4.90 Å². The third-order valence-electron chi connectivity index (χ3n) is 3.65. The Hall–Kier alpha value is -0.900. The van der Waals surface area contributed by atoms with Crippen LogP contribution in [0.3, 0.4) is 0 Å². The van der Waals surface area contributed by atoms with Gasteiger partial charge >= 0.3 is 0 Å². The molecule has 3 heteroatoms. The molecular weight excluding hydrogens is 212 g/mol. The standard InChI is InChI=1S/C14H22N2O/c1-11-9-13(15)7-8-16(11)10-14(17)12-5-3-2-4-6-12/h2-6,11,13-14,17H,7-10,15H2,1H3. The Morgan fingerprint density at radius 1 is 1.41 bits per heavy atom. The maximum Gasteiger partial charge on any atom is 0.0917 e. The SMILES string of the molecule is CC1CC(N)CCN1CC(O)c1ccccc1. The highest BCUT2D eigenvalue weighted by Gasteiger charge is 2.24. The van der Waals surface area contributed by atoms with Crippen LogP contribution in [-0.2, 0) is 0 Å². The maximum atomic E-state index is 10.2. The number of aliphatic hydroxyl groups excluding tert-OH is 1. The minimum atomic E-state index is -0.395. The van der Waals surface area contributed by atoms with E-state index in [4.69, 9.17) is 5.73 Å². The quantitative estimate of drug-likeness (QED) is 0.834. The molecule has 1 aliphatic rings. The number of likely N-dealkylation sites (tertiary alicyclic amines) is 1. The zero-order valence-electron chi connectivity index (χ0n) is 10.4. The Morgan fingerprint density at radius 3 is 2.76 bits per heavy atom. The minimum Gasteiger partial charge on any atom is -0.387 e. The second kappa shape index (κ2) is 5.63. The molecule has 2 rings (SSSR count). The van der Waals surface area contributed by atoms with Crippen LogP contribution in [0.2, 0.25) is 0 Å². The van der Waals surface area contributed by atoms with E-state index in [1.165, 1.54) is 0 Å². The van der Waals surface area contributed by atoms with Gasteiger partial charge in [-0.1, -0.05) is 30.3 Å². The van der Waals surface area contributed by atoms with E-state index < -0.39 is 6.10 Å². The van der Waals surface area contributed by atoms with E-state index >= 15 is 0 Å². The lowest BCUT2D eigenvalue weighted by Gasteiger charge is -2.37. The summed E-state index contributed by atoms with van der Waals surface area (Å²) >= 11 is 0. The van der Waals surface area contributed by atoms with E-state index in [9.17, 15) is 5.11 Å². The number of nitrogens with zero attached hydrogens (tertiary/aromatic N) is 1. The fraction of sp³-hybridized carbons (Fsp3) is 0.571. The molecule has 3 unspecified atom stereocenters. The van der Waals surface area contributed by atoms with Crippen molar-refractivity contribution in [2.24, 2.45) is 5.73 Å². The number of β-amino-alcohol motifs (C(OH)–C–C–N with tert-alkyl or cyclic N) is 1. The van der Waals surface area contributed by atoms with Gasteiger partial charge in [-0.2, -0.15) is 0 Å². The Labute approximate surface area is 103 Å². The summed E-state index contributed by atoms with van der Waals surface area (Å²) < 4.78 is 0. The maximum absolute atomic E-state index is 10.2. The van der Waals surface area contributed by atoms with Crippen molar-refractivity contribution in [2.45, 2.75) is 38.0 Å². The van der Waals surface area contributed by atoms with Crippen molar-refractivity contribution in [2.75, 3.05) is 13.1 Å². The van der Waals surface area contributed by atoms with Gasteiger partial charge in [0.2, 0.25) is 0 Å². The second-order valence-corrected chi connectivity index (χ2v) is 5.05. The largest absolute Gasteiger partial charge is 0.387 e. The number of hydrogen-bond acceptors (Lipinski definition) is 3. The molecule has 0 amide bonds. The lowest BCUT2D eigenvalue weighted by Crippen LogP contribution is -2.46. The summed E-state index contributed by atoms with van der Waals surface area (Å²) in [7, 11) is 0. The average molecular weight is 234 g/mol. The van der Waals surface area contributed by atoms with Crippen molar-refractivity contribution in [1.82, 2.24) is 4.90 Å². The number of rotatable bonds is 3. The van der Waals surface area contributed by atoms with E-state index in [1.54, 1.807) is 0 Å². The van der Waals surface area contributed by atoms with Crippen LogP contribution in [-0.4, -0.2) is 35.2 Å². The zero-order chi connectivity index (χ0) is 12.3. The summed E-state index contributed by atoms with van der Waals surface area (Å²) in [5.74, 6) is 0. The van der Waals surface area contributed by atoms with Crippen molar-refractivity contribution in [3.63, 3.8) is 0 Å². The smallest absolute Gasteiger partial charge is 0.0917 e. The van der Waals surface area contributed by atoms with Crippen LogP contribution in [0.25, 0.3) is 0 Å². The van der Waals surface area contributed by atoms with Gasteiger partial charge in [-0.15, -0.1) is 0 Å². The van der Waals surface area contributed by atoms with Gasteiger partial charge in [-0.05, 0) is 25.3 Å². The normalized spacial score (nSPS) is 27.9. The first kappa shape index (κ1) is 12.6. The van der Waals surface area contributed by atoms with Crippen molar-refractivity contribution in [3.8, 4) is 0 Å². The van der Waals surface area contributed by atoms with Gasteiger partial charge in [0.1, 0.15) is 0 Å². The van der Waals surface area contributed by atoms with Crippen LogP contribution in [0.15, 0.2) is 30.3 Å². The lowest BCUT2D eigenvalue weighted by atomic mass is 9.98. The van der Waals surface area contributed by atoms with E-state index in [2.05, 4.69) is 11.8 Å². The summed E-state index contributed by atoms with van der Waals surface area (Å²) in [5, 5.41) is 10.2. The van der Waals surface area contributed by atoms with Gasteiger partial charge in [-0.25, -0.2) is 0 Å².